The van der Waals surface area contributed by atoms with Crippen molar-refractivity contribution in [2.75, 3.05) is 23.7 Å². The minimum atomic E-state index is -3.71. The summed E-state index contributed by atoms with van der Waals surface area (Å²) in [5.74, 6) is 0.328. The molecule has 0 unspecified atom stereocenters. The first-order chi connectivity index (χ1) is 13.6. The lowest BCUT2D eigenvalue weighted by molar-refractivity contribution is -0.122. The van der Waals surface area contributed by atoms with Crippen LogP contribution < -0.4 is 14.4 Å². The molecular weight excluding hydrogens is 412 g/mol. The van der Waals surface area contributed by atoms with Crippen molar-refractivity contribution in [3.63, 3.8) is 0 Å². The van der Waals surface area contributed by atoms with Crippen LogP contribution in [0.5, 0.6) is 5.75 Å². The number of nitrogens with one attached hydrogen (secondary N) is 1. The zero-order valence-electron chi connectivity index (χ0n) is 17.1. The molecule has 0 aromatic heterocycles. The van der Waals surface area contributed by atoms with Crippen molar-refractivity contribution in [3.8, 4) is 5.75 Å². The zero-order chi connectivity index (χ0) is 21.6. The van der Waals surface area contributed by atoms with Gasteiger partial charge in [0, 0.05) is 5.02 Å². The molecule has 1 amide bonds. The van der Waals surface area contributed by atoms with Gasteiger partial charge < -0.3 is 10.1 Å². The summed E-state index contributed by atoms with van der Waals surface area (Å²) < 4.78 is 31.8. The van der Waals surface area contributed by atoms with Crippen LogP contribution in [0.25, 0.3) is 0 Å². The standard InChI is InChI=1S/C21H27ClN2O4S/c1-5-19(21(25)23-12-13-28-18-10-6-15(2)7-11-18)24(29(4,26)27)20-14-17(22)9-8-16(20)3/h6-11,14,19H,5,12-13H2,1-4H3,(H,23,25)/t19-/m1/s1. The Labute approximate surface area is 177 Å². The van der Waals surface area contributed by atoms with Crippen molar-refractivity contribution in [1.82, 2.24) is 5.32 Å². The van der Waals surface area contributed by atoms with Crippen LogP contribution in [0.3, 0.4) is 0 Å². The van der Waals surface area contributed by atoms with Crippen LogP contribution in [0.2, 0.25) is 5.02 Å². The minimum Gasteiger partial charge on any atom is -0.492 e. The first-order valence-corrected chi connectivity index (χ1v) is 11.6. The Morgan fingerprint density at radius 1 is 1.17 bits per heavy atom. The molecule has 0 fully saturated rings. The van der Waals surface area contributed by atoms with E-state index in [-0.39, 0.29) is 19.1 Å². The molecule has 0 aliphatic heterocycles. The molecule has 29 heavy (non-hydrogen) atoms. The highest BCUT2D eigenvalue weighted by atomic mass is 35.5. The normalized spacial score (nSPS) is 12.3. The summed E-state index contributed by atoms with van der Waals surface area (Å²) in [6.45, 7) is 6.08. The van der Waals surface area contributed by atoms with E-state index in [1.54, 1.807) is 32.0 Å². The maximum Gasteiger partial charge on any atom is 0.244 e. The second-order valence-electron chi connectivity index (χ2n) is 6.87. The lowest BCUT2D eigenvalue weighted by atomic mass is 10.1. The molecule has 0 aliphatic carbocycles. The SMILES string of the molecule is CC[C@H](C(=O)NCCOc1ccc(C)cc1)N(c1cc(Cl)ccc1C)S(C)(=O)=O. The maximum absolute atomic E-state index is 12.8. The second-order valence-corrected chi connectivity index (χ2v) is 9.16. The van der Waals surface area contributed by atoms with Crippen molar-refractivity contribution in [3.05, 3.63) is 58.6 Å². The van der Waals surface area contributed by atoms with E-state index in [1.165, 1.54) is 0 Å². The second kappa shape index (κ2) is 9.98. The third kappa shape index (κ3) is 6.37. The molecule has 0 bridgehead atoms. The summed E-state index contributed by atoms with van der Waals surface area (Å²) >= 11 is 6.07. The van der Waals surface area contributed by atoms with Gasteiger partial charge in [0.15, 0.2) is 0 Å². The number of sulfonamides is 1. The summed E-state index contributed by atoms with van der Waals surface area (Å²) in [6.07, 6.45) is 1.40. The Morgan fingerprint density at radius 2 is 1.83 bits per heavy atom. The molecule has 6 nitrogen and oxygen atoms in total. The van der Waals surface area contributed by atoms with Gasteiger partial charge in [-0.2, -0.15) is 0 Å². The maximum atomic E-state index is 12.8. The molecule has 0 saturated heterocycles. The first kappa shape index (κ1) is 23.0. The number of nitrogens with zero attached hydrogens (tertiary/aromatic N) is 1. The highest BCUT2D eigenvalue weighted by molar-refractivity contribution is 7.92. The zero-order valence-corrected chi connectivity index (χ0v) is 18.7. The Bertz CT molecular complexity index is 946. The van der Waals surface area contributed by atoms with Crippen LogP contribution in [-0.4, -0.2) is 39.8 Å². The topological polar surface area (TPSA) is 75.7 Å². The van der Waals surface area contributed by atoms with Crippen molar-refractivity contribution in [2.45, 2.75) is 33.2 Å². The third-order valence-electron chi connectivity index (χ3n) is 4.43. The van der Waals surface area contributed by atoms with Gasteiger partial charge in [0.05, 0.1) is 18.5 Å². The number of hydrogen-bond acceptors (Lipinski definition) is 4. The van der Waals surface area contributed by atoms with Gasteiger partial charge in [0.1, 0.15) is 18.4 Å². The van der Waals surface area contributed by atoms with E-state index in [1.807, 2.05) is 31.2 Å². The summed E-state index contributed by atoms with van der Waals surface area (Å²) in [6, 6.07) is 11.7. The monoisotopic (exact) mass is 438 g/mol. The van der Waals surface area contributed by atoms with Crippen LogP contribution in [0.15, 0.2) is 42.5 Å². The fourth-order valence-electron chi connectivity index (χ4n) is 2.95. The number of amides is 1. The summed E-state index contributed by atoms with van der Waals surface area (Å²) in [4.78, 5) is 12.8. The quantitative estimate of drug-likeness (QED) is 0.606. The van der Waals surface area contributed by atoms with Gasteiger partial charge >= 0.3 is 0 Å². The molecule has 0 saturated carbocycles. The Morgan fingerprint density at radius 3 is 2.41 bits per heavy atom. The van der Waals surface area contributed by atoms with Crippen LogP contribution in [0, 0.1) is 13.8 Å². The van der Waals surface area contributed by atoms with Crippen LogP contribution >= 0.6 is 11.6 Å². The number of hydrogen-bond donors (Lipinski definition) is 1. The Kier molecular flexibility index (Phi) is 7.93. The average Bonchev–Trinajstić information content (AvgIpc) is 2.65. The Balaban J connectivity index is 2.10. The van der Waals surface area contributed by atoms with Gasteiger partial charge in [-0.1, -0.05) is 42.3 Å². The van der Waals surface area contributed by atoms with Crippen molar-refractivity contribution >= 4 is 33.2 Å². The van der Waals surface area contributed by atoms with E-state index < -0.39 is 16.1 Å². The van der Waals surface area contributed by atoms with Gasteiger partial charge in [0.25, 0.3) is 0 Å². The van der Waals surface area contributed by atoms with Gasteiger partial charge in [-0.25, -0.2) is 8.42 Å². The lowest BCUT2D eigenvalue weighted by Crippen LogP contribution is -2.50. The number of ether oxygens (including phenoxy) is 1. The Hall–Kier alpha value is -2.25. The van der Waals surface area contributed by atoms with Gasteiger partial charge in [-0.05, 0) is 50.1 Å². The molecule has 0 radical (unpaired) electrons. The molecule has 2 rings (SSSR count). The van der Waals surface area contributed by atoms with Crippen LogP contribution in [0.1, 0.15) is 24.5 Å². The third-order valence-corrected chi connectivity index (χ3v) is 5.83. The van der Waals surface area contributed by atoms with Gasteiger partial charge in [0.2, 0.25) is 15.9 Å². The van der Waals surface area contributed by atoms with Gasteiger partial charge in [-0.15, -0.1) is 0 Å². The van der Waals surface area contributed by atoms with E-state index in [0.29, 0.717) is 28.4 Å². The number of carbonyl (C=O) groups is 1. The molecule has 2 aromatic rings. The molecule has 158 valence electrons. The van der Waals surface area contributed by atoms with Crippen molar-refractivity contribution in [2.24, 2.45) is 0 Å². The van der Waals surface area contributed by atoms with Crippen LogP contribution in [-0.2, 0) is 14.8 Å². The van der Waals surface area contributed by atoms with Crippen LogP contribution in [0.4, 0.5) is 5.69 Å². The van der Waals surface area contributed by atoms with Crippen molar-refractivity contribution in [1.29, 1.82) is 0 Å². The summed E-state index contributed by atoms with van der Waals surface area (Å²) in [5, 5.41) is 3.17. The number of rotatable bonds is 9. The summed E-state index contributed by atoms with van der Waals surface area (Å²) in [7, 11) is -3.71. The molecule has 2 aromatic carbocycles. The lowest BCUT2D eigenvalue weighted by Gasteiger charge is -2.31. The molecule has 0 aliphatic rings. The molecular formula is C21H27ClN2O4S. The van der Waals surface area contributed by atoms with Crippen molar-refractivity contribution < 1.29 is 17.9 Å². The molecule has 8 heteroatoms. The minimum absolute atomic E-state index is 0.259. The predicted octanol–water partition coefficient (Wildman–Crippen LogP) is 3.70. The fourth-order valence-corrected chi connectivity index (χ4v) is 4.38. The predicted molar refractivity (Wildman–Crippen MR) is 117 cm³/mol. The molecule has 0 spiro atoms. The van der Waals surface area contributed by atoms with E-state index >= 15 is 0 Å². The number of carbonyl (C=O) groups excluding carboxylic acids is 1. The molecule has 1 N–H and O–H groups in total. The van der Waals surface area contributed by atoms with Gasteiger partial charge in [-0.3, -0.25) is 9.10 Å². The average molecular weight is 439 g/mol. The molecule has 0 heterocycles. The summed E-state index contributed by atoms with van der Waals surface area (Å²) in [5.41, 5.74) is 2.25. The first-order valence-electron chi connectivity index (χ1n) is 9.36. The number of halogens is 1. The van der Waals surface area contributed by atoms with E-state index in [9.17, 15) is 13.2 Å². The molecule has 1 atom stereocenters. The number of anilines is 1. The largest absolute Gasteiger partial charge is 0.492 e. The highest BCUT2D eigenvalue weighted by Crippen LogP contribution is 2.29. The van der Waals surface area contributed by atoms with E-state index in [4.69, 9.17) is 16.3 Å². The highest BCUT2D eigenvalue weighted by Gasteiger charge is 2.32. The van der Waals surface area contributed by atoms with E-state index in [0.717, 1.165) is 16.1 Å². The fraction of sp³-hybridized carbons (Fsp3) is 0.381. The number of aryl methyl sites for hydroxylation is 2. The smallest absolute Gasteiger partial charge is 0.244 e. The number of benzene rings is 2. The van der Waals surface area contributed by atoms with E-state index in [2.05, 4.69) is 5.32 Å².